The molecule has 0 bridgehead atoms. The van der Waals surface area contributed by atoms with Gasteiger partial charge in [0.05, 0.1) is 0 Å². The number of carbonyl (C=O) groups excluding carboxylic acids is 3. The van der Waals surface area contributed by atoms with E-state index >= 15 is 0 Å². The molecular formula is C56H86O6. The first-order valence-electron chi connectivity index (χ1n) is 24.2. The number of ether oxygens (including phenoxy) is 3. The van der Waals surface area contributed by atoms with Crippen LogP contribution in [0.5, 0.6) is 0 Å². The lowest BCUT2D eigenvalue weighted by Crippen LogP contribution is -2.30. The molecule has 0 saturated carbocycles. The molecule has 0 spiro atoms. The van der Waals surface area contributed by atoms with Gasteiger partial charge in [-0.25, -0.2) is 0 Å². The summed E-state index contributed by atoms with van der Waals surface area (Å²) in [5.74, 6) is -1.09. The number of rotatable bonds is 41. The number of allylic oxidation sites excluding steroid dienone is 22. The summed E-state index contributed by atoms with van der Waals surface area (Å²) in [4.78, 5) is 37.8. The summed E-state index contributed by atoms with van der Waals surface area (Å²) >= 11 is 0. The van der Waals surface area contributed by atoms with Crippen molar-refractivity contribution in [3.8, 4) is 0 Å². The van der Waals surface area contributed by atoms with Gasteiger partial charge >= 0.3 is 17.9 Å². The maximum atomic E-state index is 12.8. The van der Waals surface area contributed by atoms with Crippen LogP contribution in [0.4, 0.5) is 0 Å². The first kappa shape index (κ1) is 57.5. The zero-order valence-electron chi connectivity index (χ0n) is 39.3. The molecule has 0 fully saturated rings. The normalized spacial score (nSPS) is 13.3. The molecule has 6 heteroatoms. The monoisotopic (exact) mass is 855 g/mol. The minimum absolute atomic E-state index is 0.140. The molecule has 0 aliphatic heterocycles. The SMILES string of the molecule is CC/C=C\C/C=C\C/C=C\C/C=C\CCCCCC(=O)OC(COC(=O)CCC/C=C\C/C=C\C/C=C\CC)COC(=O)CCC/C=C\C/C=C\C/C=C\C/C=C\CCCCC. The van der Waals surface area contributed by atoms with E-state index in [9.17, 15) is 14.4 Å². The van der Waals surface area contributed by atoms with Crippen molar-refractivity contribution in [3.05, 3.63) is 134 Å². The van der Waals surface area contributed by atoms with Crippen molar-refractivity contribution in [2.75, 3.05) is 13.2 Å². The maximum absolute atomic E-state index is 12.8. The fraction of sp³-hybridized carbons (Fsp3) is 0.554. The Kier molecular flexibility index (Phi) is 45.7. The fourth-order valence-corrected chi connectivity index (χ4v) is 5.80. The zero-order valence-corrected chi connectivity index (χ0v) is 39.3. The number of esters is 3. The predicted octanol–water partition coefficient (Wildman–Crippen LogP) is 15.9. The summed E-state index contributed by atoms with van der Waals surface area (Å²) in [6.07, 6.45) is 68.8. The Morgan fingerprint density at radius 3 is 1.00 bits per heavy atom. The molecule has 0 radical (unpaired) electrons. The van der Waals surface area contributed by atoms with Gasteiger partial charge in [-0.05, 0) is 122 Å². The summed E-state index contributed by atoms with van der Waals surface area (Å²) in [5.41, 5.74) is 0. The van der Waals surface area contributed by atoms with E-state index in [2.05, 4.69) is 154 Å². The number of unbranched alkanes of at least 4 members (excludes halogenated alkanes) is 8. The zero-order chi connectivity index (χ0) is 45.1. The standard InChI is InChI=1S/C56H86O6/c1-4-7-10-13-16-19-22-24-26-28-30-31-34-37-40-43-46-49-55(58)61-52-53(51-60-54(57)48-45-42-39-36-33-21-18-15-12-9-6-3)62-56(59)50-47-44-41-38-35-32-29-27-25-23-20-17-14-11-8-5-2/h8-9,11-12,16-21,24-27,30-32,35-37,39-40,53H,4-7,10,13-15,22-23,28-29,33-34,38,41-52H2,1-3H3/b11-8-,12-9-,19-16-,20-17-,21-18-,26-24-,27-25-,31-30-,35-32-,39-36-,40-37-. The molecule has 0 heterocycles. The van der Waals surface area contributed by atoms with Gasteiger partial charge in [0.2, 0.25) is 0 Å². The van der Waals surface area contributed by atoms with Crippen LogP contribution in [0.15, 0.2) is 134 Å². The molecule has 0 aromatic heterocycles. The van der Waals surface area contributed by atoms with Crippen molar-refractivity contribution in [2.24, 2.45) is 0 Å². The molecular weight excluding hydrogens is 769 g/mol. The lowest BCUT2D eigenvalue weighted by atomic mass is 10.1. The summed E-state index contributed by atoms with van der Waals surface area (Å²) in [5, 5.41) is 0. The van der Waals surface area contributed by atoms with Crippen LogP contribution >= 0.6 is 0 Å². The van der Waals surface area contributed by atoms with Gasteiger partial charge in [-0.3, -0.25) is 14.4 Å². The van der Waals surface area contributed by atoms with E-state index in [-0.39, 0.29) is 50.4 Å². The second kappa shape index (κ2) is 49.2. The topological polar surface area (TPSA) is 78.9 Å². The molecule has 0 N–H and O–H groups in total. The molecule has 6 nitrogen and oxygen atoms in total. The third-order valence-corrected chi connectivity index (χ3v) is 9.37. The maximum Gasteiger partial charge on any atom is 0.306 e. The molecule has 0 rings (SSSR count). The Bertz CT molecular complexity index is 1400. The average molecular weight is 855 g/mol. The van der Waals surface area contributed by atoms with E-state index in [0.29, 0.717) is 19.3 Å². The first-order chi connectivity index (χ1) is 30.5. The van der Waals surface area contributed by atoms with Crippen molar-refractivity contribution in [1.82, 2.24) is 0 Å². The first-order valence-corrected chi connectivity index (χ1v) is 24.2. The quantitative estimate of drug-likeness (QED) is 0.0264. The molecule has 1 unspecified atom stereocenters. The highest BCUT2D eigenvalue weighted by molar-refractivity contribution is 5.71. The van der Waals surface area contributed by atoms with Crippen molar-refractivity contribution in [2.45, 2.75) is 187 Å². The highest BCUT2D eigenvalue weighted by Crippen LogP contribution is 2.10. The van der Waals surface area contributed by atoms with Crippen LogP contribution in [0.2, 0.25) is 0 Å². The van der Waals surface area contributed by atoms with Gasteiger partial charge in [-0.15, -0.1) is 0 Å². The van der Waals surface area contributed by atoms with Crippen molar-refractivity contribution in [1.29, 1.82) is 0 Å². The fourth-order valence-electron chi connectivity index (χ4n) is 5.80. The summed E-state index contributed by atoms with van der Waals surface area (Å²) in [7, 11) is 0. The lowest BCUT2D eigenvalue weighted by Gasteiger charge is -2.18. The van der Waals surface area contributed by atoms with Crippen LogP contribution in [0.1, 0.15) is 181 Å². The highest BCUT2D eigenvalue weighted by atomic mass is 16.6. The highest BCUT2D eigenvalue weighted by Gasteiger charge is 2.19. The molecule has 1 atom stereocenters. The summed E-state index contributed by atoms with van der Waals surface area (Å²) in [6, 6.07) is 0. The largest absolute Gasteiger partial charge is 0.462 e. The van der Waals surface area contributed by atoms with Gasteiger partial charge in [0.25, 0.3) is 0 Å². The van der Waals surface area contributed by atoms with Crippen LogP contribution in [0, 0.1) is 0 Å². The van der Waals surface area contributed by atoms with Crippen LogP contribution in [-0.2, 0) is 28.6 Å². The predicted molar refractivity (Wildman–Crippen MR) is 265 cm³/mol. The number of hydrogen-bond acceptors (Lipinski definition) is 6. The van der Waals surface area contributed by atoms with E-state index in [1.165, 1.54) is 25.7 Å². The van der Waals surface area contributed by atoms with Crippen LogP contribution in [-0.4, -0.2) is 37.2 Å². The summed E-state index contributed by atoms with van der Waals surface area (Å²) < 4.78 is 16.6. The number of hydrogen-bond donors (Lipinski definition) is 0. The Balaban J connectivity index is 4.61. The molecule has 0 aromatic carbocycles. The van der Waals surface area contributed by atoms with Crippen LogP contribution < -0.4 is 0 Å². The van der Waals surface area contributed by atoms with E-state index in [4.69, 9.17) is 14.2 Å². The van der Waals surface area contributed by atoms with E-state index < -0.39 is 6.10 Å². The molecule has 346 valence electrons. The van der Waals surface area contributed by atoms with Crippen LogP contribution in [0.3, 0.4) is 0 Å². The summed E-state index contributed by atoms with van der Waals surface area (Å²) in [6.45, 7) is 6.22. The van der Waals surface area contributed by atoms with Crippen LogP contribution in [0.25, 0.3) is 0 Å². The van der Waals surface area contributed by atoms with Gasteiger partial charge in [-0.2, -0.15) is 0 Å². The van der Waals surface area contributed by atoms with Gasteiger partial charge in [0.15, 0.2) is 6.10 Å². The molecule has 0 aliphatic carbocycles. The molecule has 0 amide bonds. The smallest absolute Gasteiger partial charge is 0.306 e. The van der Waals surface area contributed by atoms with Gasteiger partial charge in [0, 0.05) is 19.3 Å². The van der Waals surface area contributed by atoms with E-state index in [1.807, 2.05) is 0 Å². The molecule has 0 saturated heterocycles. The van der Waals surface area contributed by atoms with Crippen molar-refractivity contribution in [3.63, 3.8) is 0 Å². The third kappa shape index (κ3) is 46.6. The lowest BCUT2D eigenvalue weighted by molar-refractivity contribution is -0.167. The Morgan fingerprint density at radius 2 is 0.645 bits per heavy atom. The molecule has 0 aromatic rings. The second-order valence-electron chi connectivity index (χ2n) is 15.2. The minimum Gasteiger partial charge on any atom is -0.462 e. The van der Waals surface area contributed by atoms with Gasteiger partial charge in [-0.1, -0.05) is 174 Å². The Morgan fingerprint density at radius 1 is 0.339 bits per heavy atom. The third-order valence-electron chi connectivity index (χ3n) is 9.37. The number of carbonyl (C=O) groups is 3. The second-order valence-corrected chi connectivity index (χ2v) is 15.2. The van der Waals surface area contributed by atoms with E-state index in [1.54, 1.807) is 0 Å². The van der Waals surface area contributed by atoms with E-state index in [0.717, 1.165) is 96.3 Å². The van der Waals surface area contributed by atoms with Crippen molar-refractivity contribution >= 4 is 17.9 Å². The van der Waals surface area contributed by atoms with Gasteiger partial charge in [0.1, 0.15) is 13.2 Å². The Hall–Kier alpha value is -4.45. The minimum atomic E-state index is -0.841. The van der Waals surface area contributed by atoms with Gasteiger partial charge < -0.3 is 14.2 Å². The Labute approximate surface area is 379 Å². The van der Waals surface area contributed by atoms with Crippen molar-refractivity contribution < 1.29 is 28.6 Å². The molecule has 62 heavy (non-hydrogen) atoms. The average Bonchev–Trinajstić information content (AvgIpc) is 3.27. The molecule has 0 aliphatic rings.